The van der Waals surface area contributed by atoms with Gasteiger partial charge in [0.1, 0.15) is 6.54 Å². The second-order valence-corrected chi connectivity index (χ2v) is 8.70. The van der Waals surface area contributed by atoms with E-state index in [0.29, 0.717) is 23.1 Å². The van der Waals surface area contributed by atoms with Gasteiger partial charge in [-0.1, -0.05) is 72.4 Å². The monoisotopic (exact) mass is 497 g/mol. The molecule has 0 saturated heterocycles. The van der Waals surface area contributed by atoms with Crippen LogP contribution in [-0.4, -0.2) is 49.0 Å². The molecule has 0 N–H and O–H groups in total. The fraction of sp³-hybridized carbons (Fsp3) is 0.200. The number of thioether (sulfide) groups is 1. The summed E-state index contributed by atoms with van der Waals surface area (Å²) in [7, 11) is 0. The van der Waals surface area contributed by atoms with Crippen LogP contribution in [0, 0.1) is 0 Å². The summed E-state index contributed by atoms with van der Waals surface area (Å²) < 4.78 is 41.4. The first-order chi connectivity index (χ1) is 16.9. The number of aromatic nitrogens is 4. The van der Waals surface area contributed by atoms with E-state index in [2.05, 4.69) is 15.2 Å². The third-order valence-electron chi connectivity index (χ3n) is 5.10. The molecule has 0 aliphatic rings. The first-order valence-corrected chi connectivity index (χ1v) is 11.8. The highest BCUT2D eigenvalue weighted by Gasteiger charge is 2.33. The van der Waals surface area contributed by atoms with Crippen molar-refractivity contribution >= 4 is 17.7 Å². The number of alkyl halides is 3. The number of pyridine rings is 1. The van der Waals surface area contributed by atoms with Gasteiger partial charge in [-0.2, -0.15) is 13.2 Å². The lowest BCUT2D eigenvalue weighted by Crippen LogP contribution is -2.39. The van der Waals surface area contributed by atoms with Crippen LogP contribution in [0.3, 0.4) is 0 Å². The van der Waals surface area contributed by atoms with Gasteiger partial charge in [0, 0.05) is 24.5 Å². The Morgan fingerprint density at radius 2 is 1.51 bits per heavy atom. The van der Waals surface area contributed by atoms with Crippen molar-refractivity contribution in [3.63, 3.8) is 0 Å². The smallest absolute Gasteiger partial charge is 0.329 e. The van der Waals surface area contributed by atoms with Gasteiger partial charge in [0.2, 0.25) is 5.91 Å². The van der Waals surface area contributed by atoms with E-state index < -0.39 is 18.6 Å². The average molecular weight is 498 g/mol. The van der Waals surface area contributed by atoms with Gasteiger partial charge < -0.3 is 4.90 Å². The Bertz CT molecular complexity index is 1230. The van der Waals surface area contributed by atoms with Crippen molar-refractivity contribution in [3.8, 4) is 11.4 Å². The highest BCUT2D eigenvalue weighted by Crippen LogP contribution is 2.26. The largest absolute Gasteiger partial charge is 0.406 e. The maximum Gasteiger partial charge on any atom is 0.406 e. The predicted octanol–water partition coefficient (Wildman–Crippen LogP) is 5.07. The molecule has 6 nitrogen and oxygen atoms in total. The molecule has 180 valence electrons. The van der Waals surface area contributed by atoms with Crippen LogP contribution in [0.5, 0.6) is 0 Å². The zero-order chi connectivity index (χ0) is 24.7. The lowest BCUT2D eigenvalue weighted by molar-refractivity contribution is -0.160. The third-order valence-corrected chi connectivity index (χ3v) is 6.05. The average Bonchev–Trinajstić information content (AvgIpc) is 3.25. The van der Waals surface area contributed by atoms with E-state index in [1.807, 2.05) is 34.9 Å². The molecule has 0 fully saturated rings. The zero-order valence-corrected chi connectivity index (χ0v) is 19.4. The number of benzene rings is 2. The normalized spacial score (nSPS) is 11.4. The molecular weight excluding hydrogens is 475 g/mol. The fourth-order valence-electron chi connectivity index (χ4n) is 3.49. The molecule has 35 heavy (non-hydrogen) atoms. The molecule has 0 unspecified atom stereocenters. The van der Waals surface area contributed by atoms with Crippen molar-refractivity contribution in [1.29, 1.82) is 0 Å². The summed E-state index contributed by atoms with van der Waals surface area (Å²) >= 11 is 1.07. The molecule has 1 amide bonds. The number of amides is 1. The van der Waals surface area contributed by atoms with Gasteiger partial charge in [-0.25, -0.2) is 0 Å². The first-order valence-electron chi connectivity index (χ1n) is 10.8. The van der Waals surface area contributed by atoms with Crippen LogP contribution >= 0.6 is 11.8 Å². The first kappa shape index (κ1) is 24.5. The number of rotatable bonds is 9. The molecule has 2 aromatic heterocycles. The molecule has 4 rings (SSSR count). The van der Waals surface area contributed by atoms with E-state index in [-0.39, 0.29) is 12.3 Å². The predicted molar refractivity (Wildman–Crippen MR) is 127 cm³/mol. The second-order valence-electron chi connectivity index (χ2n) is 7.75. The molecule has 0 radical (unpaired) electrons. The van der Waals surface area contributed by atoms with Crippen LogP contribution in [0.2, 0.25) is 0 Å². The summed E-state index contributed by atoms with van der Waals surface area (Å²) in [4.78, 5) is 17.7. The molecule has 2 heterocycles. The minimum Gasteiger partial charge on any atom is -0.329 e. The molecular formula is C25H22F3N5OS. The Kier molecular flexibility index (Phi) is 7.81. The maximum absolute atomic E-state index is 13.2. The zero-order valence-electron chi connectivity index (χ0n) is 18.6. The van der Waals surface area contributed by atoms with Crippen molar-refractivity contribution in [2.24, 2.45) is 0 Å². The number of halogens is 3. The Balaban J connectivity index is 1.55. The maximum atomic E-state index is 13.2. The number of hydrogen-bond donors (Lipinski definition) is 0. The van der Waals surface area contributed by atoms with Gasteiger partial charge in [-0.3, -0.25) is 14.3 Å². The topological polar surface area (TPSA) is 63.9 Å². The molecule has 0 saturated carbocycles. The summed E-state index contributed by atoms with van der Waals surface area (Å²) in [6, 6.07) is 21.9. The number of nitrogens with zero attached hydrogens (tertiary/aromatic N) is 5. The molecule has 2 aromatic carbocycles. The van der Waals surface area contributed by atoms with Crippen LogP contribution < -0.4 is 0 Å². The van der Waals surface area contributed by atoms with Gasteiger partial charge in [-0.15, -0.1) is 10.2 Å². The Morgan fingerprint density at radius 1 is 0.886 bits per heavy atom. The molecule has 0 atom stereocenters. The molecule has 0 aliphatic carbocycles. The number of carbonyl (C=O) groups excluding carboxylic acids is 1. The van der Waals surface area contributed by atoms with Gasteiger partial charge in [0.05, 0.1) is 12.3 Å². The quantitative estimate of drug-likeness (QED) is 0.302. The second kappa shape index (κ2) is 11.2. The Morgan fingerprint density at radius 3 is 2.14 bits per heavy atom. The molecule has 0 aliphatic heterocycles. The van der Waals surface area contributed by atoms with E-state index in [0.717, 1.165) is 27.8 Å². The fourth-order valence-corrected chi connectivity index (χ4v) is 4.33. The summed E-state index contributed by atoms with van der Waals surface area (Å²) in [5, 5.41) is 8.98. The van der Waals surface area contributed by atoms with Crippen molar-refractivity contribution in [2.75, 3.05) is 12.3 Å². The van der Waals surface area contributed by atoms with E-state index in [9.17, 15) is 18.0 Å². The van der Waals surface area contributed by atoms with Crippen LogP contribution in [0.4, 0.5) is 13.2 Å². The highest BCUT2D eigenvalue weighted by molar-refractivity contribution is 7.99. The highest BCUT2D eigenvalue weighted by atomic mass is 32.2. The number of hydrogen-bond acceptors (Lipinski definition) is 5. The minimum absolute atomic E-state index is 0.126. The van der Waals surface area contributed by atoms with E-state index in [1.165, 1.54) is 0 Å². The lowest BCUT2D eigenvalue weighted by atomic mass is 10.2. The van der Waals surface area contributed by atoms with Crippen molar-refractivity contribution in [1.82, 2.24) is 24.6 Å². The van der Waals surface area contributed by atoms with E-state index >= 15 is 0 Å². The standard InChI is InChI=1S/C25H22F3N5OS/c26-25(27,28)18-32(15-19-7-3-1-4-8-19)22(34)17-35-24-31-30-23(21-11-13-29-14-12-21)33(24)16-20-9-5-2-6-10-20/h1-14H,15-18H2. The summed E-state index contributed by atoms with van der Waals surface area (Å²) in [5.41, 5.74) is 2.42. The lowest BCUT2D eigenvalue weighted by Gasteiger charge is -2.24. The van der Waals surface area contributed by atoms with Crippen LogP contribution in [0.1, 0.15) is 11.1 Å². The van der Waals surface area contributed by atoms with E-state index in [4.69, 9.17) is 0 Å². The third kappa shape index (κ3) is 6.92. The summed E-state index contributed by atoms with van der Waals surface area (Å²) in [6.45, 7) is -1.00. The molecule has 0 bridgehead atoms. The van der Waals surface area contributed by atoms with Gasteiger partial charge in [0.25, 0.3) is 0 Å². The van der Waals surface area contributed by atoms with Gasteiger partial charge in [-0.05, 0) is 23.3 Å². The molecule has 4 aromatic rings. The van der Waals surface area contributed by atoms with Crippen LogP contribution in [0.25, 0.3) is 11.4 Å². The molecule has 10 heteroatoms. The van der Waals surface area contributed by atoms with Crippen molar-refractivity contribution in [3.05, 3.63) is 96.3 Å². The Hall–Kier alpha value is -3.66. The summed E-state index contributed by atoms with van der Waals surface area (Å²) in [5.74, 6) is -0.245. The van der Waals surface area contributed by atoms with Gasteiger partial charge in [0.15, 0.2) is 11.0 Å². The van der Waals surface area contributed by atoms with Crippen LogP contribution in [-0.2, 0) is 17.9 Å². The Labute approximate surface area is 204 Å². The van der Waals surface area contributed by atoms with Crippen LogP contribution in [0.15, 0.2) is 90.3 Å². The SMILES string of the molecule is O=C(CSc1nnc(-c2ccncc2)n1Cc1ccccc1)N(Cc1ccccc1)CC(F)(F)F. The summed E-state index contributed by atoms with van der Waals surface area (Å²) in [6.07, 6.45) is -1.21. The van der Waals surface area contributed by atoms with Gasteiger partial charge >= 0.3 is 6.18 Å². The van der Waals surface area contributed by atoms with E-state index in [1.54, 1.807) is 54.9 Å². The van der Waals surface area contributed by atoms with Crippen molar-refractivity contribution < 1.29 is 18.0 Å². The van der Waals surface area contributed by atoms with Crippen molar-refractivity contribution in [2.45, 2.75) is 24.4 Å². The number of carbonyl (C=O) groups is 1. The minimum atomic E-state index is -4.50. The molecule has 0 spiro atoms.